The Kier molecular flexibility index (Phi) is 6.89. The van der Waals surface area contributed by atoms with Crippen LogP contribution < -0.4 is 16.8 Å². The first-order chi connectivity index (χ1) is 12.8. The van der Waals surface area contributed by atoms with Crippen molar-refractivity contribution in [1.82, 2.24) is 10.2 Å². The summed E-state index contributed by atoms with van der Waals surface area (Å²) in [4.78, 5) is 48.8. The molecule has 0 aliphatic carbocycles. The van der Waals surface area contributed by atoms with E-state index in [4.69, 9.17) is 11.5 Å². The van der Waals surface area contributed by atoms with E-state index in [9.17, 15) is 24.3 Å². The monoisotopic (exact) mass is 376 g/mol. The molecular weight excluding hydrogens is 352 g/mol. The molecular formula is C18H24N4O5. The lowest BCUT2D eigenvalue weighted by atomic mass is 10.1. The first-order valence-electron chi connectivity index (χ1n) is 8.71. The molecule has 1 heterocycles. The lowest BCUT2D eigenvalue weighted by molar-refractivity contribution is -0.144. The van der Waals surface area contributed by atoms with Crippen LogP contribution in [0.3, 0.4) is 0 Å². The van der Waals surface area contributed by atoms with Gasteiger partial charge in [-0.15, -0.1) is 0 Å². The van der Waals surface area contributed by atoms with E-state index in [0.717, 1.165) is 5.56 Å². The predicted molar refractivity (Wildman–Crippen MR) is 96.2 cm³/mol. The number of carbonyl (C=O) groups is 4. The van der Waals surface area contributed by atoms with Crippen LogP contribution in [0.1, 0.15) is 24.8 Å². The van der Waals surface area contributed by atoms with E-state index in [1.54, 1.807) is 24.3 Å². The average Bonchev–Trinajstić information content (AvgIpc) is 3.10. The minimum atomic E-state index is -1.16. The summed E-state index contributed by atoms with van der Waals surface area (Å²) in [7, 11) is 0. The molecule has 1 aliphatic heterocycles. The molecule has 1 saturated heterocycles. The van der Waals surface area contributed by atoms with Gasteiger partial charge in [0.25, 0.3) is 0 Å². The summed E-state index contributed by atoms with van der Waals surface area (Å²) < 4.78 is 0. The van der Waals surface area contributed by atoms with Crippen LogP contribution in [-0.2, 0) is 25.6 Å². The second-order valence-electron chi connectivity index (χ2n) is 6.56. The molecule has 0 radical (unpaired) electrons. The van der Waals surface area contributed by atoms with Crippen LogP contribution >= 0.6 is 0 Å². The van der Waals surface area contributed by atoms with Crippen molar-refractivity contribution in [3.05, 3.63) is 35.9 Å². The number of likely N-dealkylation sites (tertiary alicyclic amines) is 1. The Morgan fingerprint density at radius 2 is 1.89 bits per heavy atom. The smallest absolute Gasteiger partial charge is 0.326 e. The number of carboxylic acids is 1. The van der Waals surface area contributed by atoms with Gasteiger partial charge in [0.15, 0.2) is 0 Å². The summed E-state index contributed by atoms with van der Waals surface area (Å²) in [6.07, 6.45) is 0.807. The fourth-order valence-electron chi connectivity index (χ4n) is 3.14. The van der Waals surface area contributed by atoms with Crippen molar-refractivity contribution in [2.24, 2.45) is 11.5 Å². The van der Waals surface area contributed by atoms with Crippen molar-refractivity contribution in [3.63, 3.8) is 0 Å². The molecule has 1 aliphatic rings. The summed E-state index contributed by atoms with van der Waals surface area (Å²) in [5, 5.41) is 11.9. The maximum atomic E-state index is 12.6. The van der Waals surface area contributed by atoms with Crippen molar-refractivity contribution in [2.45, 2.75) is 43.8 Å². The van der Waals surface area contributed by atoms with Gasteiger partial charge >= 0.3 is 5.97 Å². The highest BCUT2D eigenvalue weighted by Gasteiger charge is 2.37. The maximum absolute atomic E-state index is 12.6. The first-order valence-corrected chi connectivity index (χ1v) is 8.71. The number of carboxylic acid groups (broad SMARTS) is 1. The minimum Gasteiger partial charge on any atom is -0.480 e. The topological polar surface area (TPSA) is 156 Å². The summed E-state index contributed by atoms with van der Waals surface area (Å²) in [6.45, 7) is 0.319. The first kappa shape index (κ1) is 20.4. The normalized spacial score (nSPS) is 18.6. The molecule has 9 nitrogen and oxygen atoms in total. The van der Waals surface area contributed by atoms with Crippen LogP contribution in [0.15, 0.2) is 30.3 Å². The Hall–Kier alpha value is -2.94. The molecule has 27 heavy (non-hydrogen) atoms. The molecule has 3 amide bonds. The number of hydrogen-bond donors (Lipinski definition) is 4. The van der Waals surface area contributed by atoms with Gasteiger partial charge in [0.2, 0.25) is 17.7 Å². The van der Waals surface area contributed by atoms with Crippen LogP contribution in [0.5, 0.6) is 0 Å². The molecule has 3 atom stereocenters. The van der Waals surface area contributed by atoms with Gasteiger partial charge in [-0.05, 0) is 18.4 Å². The lowest BCUT2D eigenvalue weighted by Crippen LogP contribution is -2.54. The predicted octanol–water partition coefficient (Wildman–Crippen LogP) is -1.01. The zero-order valence-corrected chi connectivity index (χ0v) is 14.8. The molecule has 0 spiro atoms. The second kappa shape index (κ2) is 9.13. The zero-order valence-electron chi connectivity index (χ0n) is 14.8. The number of carbonyl (C=O) groups excluding carboxylic acids is 3. The van der Waals surface area contributed by atoms with Crippen LogP contribution in [-0.4, -0.2) is 58.4 Å². The minimum absolute atomic E-state index is 0.129. The largest absolute Gasteiger partial charge is 0.480 e. The number of amides is 3. The number of primary amides is 1. The molecule has 6 N–H and O–H groups in total. The number of hydrogen-bond acceptors (Lipinski definition) is 5. The molecule has 1 fully saturated rings. The van der Waals surface area contributed by atoms with Gasteiger partial charge in [0, 0.05) is 13.0 Å². The fraction of sp³-hybridized carbons (Fsp3) is 0.444. The molecule has 1 aromatic rings. The summed E-state index contributed by atoms with van der Waals surface area (Å²) in [5.74, 6) is -2.95. The van der Waals surface area contributed by atoms with Crippen molar-refractivity contribution in [2.75, 3.05) is 6.54 Å². The van der Waals surface area contributed by atoms with Gasteiger partial charge in [-0.2, -0.15) is 0 Å². The number of nitrogens with two attached hydrogens (primary N) is 2. The van der Waals surface area contributed by atoms with E-state index < -0.39 is 41.8 Å². The van der Waals surface area contributed by atoms with Gasteiger partial charge in [0.1, 0.15) is 12.1 Å². The number of benzene rings is 1. The second-order valence-corrected chi connectivity index (χ2v) is 6.56. The Bertz CT molecular complexity index is 709. The average molecular weight is 376 g/mol. The zero-order chi connectivity index (χ0) is 20.0. The highest BCUT2D eigenvalue weighted by molar-refractivity contribution is 5.93. The standard InChI is InChI=1S/C18H24N4O5/c19-12(10-15(20)23)17(25)22-8-4-7-14(22)16(24)21-13(18(26)27)9-11-5-2-1-3-6-11/h1-3,5-6,12-14H,4,7-10,19H2,(H2,20,23)(H,21,24)(H,26,27). The van der Waals surface area contributed by atoms with Crippen molar-refractivity contribution in [3.8, 4) is 0 Å². The third-order valence-corrected chi connectivity index (χ3v) is 4.47. The molecule has 1 aromatic carbocycles. The highest BCUT2D eigenvalue weighted by Crippen LogP contribution is 2.19. The molecule has 3 unspecified atom stereocenters. The van der Waals surface area contributed by atoms with Crippen LogP contribution in [0, 0.1) is 0 Å². The Morgan fingerprint density at radius 1 is 1.22 bits per heavy atom. The quantitative estimate of drug-likeness (QED) is 0.455. The summed E-state index contributed by atoms with van der Waals surface area (Å²) >= 11 is 0. The number of aliphatic carboxylic acids is 1. The molecule has 2 rings (SSSR count). The highest BCUT2D eigenvalue weighted by atomic mass is 16.4. The summed E-state index contributed by atoms with van der Waals surface area (Å²) in [5.41, 5.74) is 11.5. The van der Waals surface area contributed by atoms with Crippen LogP contribution in [0.2, 0.25) is 0 Å². The Balaban J connectivity index is 2.04. The number of nitrogens with zero attached hydrogens (tertiary/aromatic N) is 1. The molecule has 146 valence electrons. The van der Waals surface area contributed by atoms with E-state index in [-0.39, 0.29) is 12.8 Å². The number of rotatable bonds is 8. The third-order valence-electron chi connectivity index (χ3n) is 4.47. The summed E-state index contributed by atoms with van der Waals surface area (Å²) in [6, 6.07) is 5.89. The van der Waals surface area contributed by atoms with E-state index >= 15 is 0 Å². The van der Waals surface area contributed by atoms with E-state index in [1.807, 2.05) is 6.07 Å². The molecule has 0 aromatic heterocycles. The fourth-order valence-corrected chi connectivity index (χ4v) is 3.14. The van der Waals surface area contributed by atoms with Crippen molar-refractivity contribution in [1.29, 1.82) is 0 Å². The van der Waals surface area contributed by atoms with E-state index in [0.29, 0.717) is 19.4 Å². The van der Waals surface area contributed by atoms with Gasteiger partial charge in [-0.3, -0.25) is 14.4 Å². The van der Waals surface area contributed by atoms with Crippen LogP contribution in [0.4, 0.5) is 0 Å². The molecule has 0 saturated carbocycles. The SMILES string of the molecule is NC(=O)CC(N)C(=O)N1CCCC1C(=O)NC(Cc1ccccc1)C(=O)O. The van der Waals surface area contributed by atoms with E-state index in [2.05, 4.69) is 5.32 Å². The van der Waals surface area contributed by atoms with Crippen molar-refractivity contribution < 1.29 is 24.3 Å². The third kappa shape index (κ3) is 5.52. The Labute approximate surface area is 156 Å². The van der Waals surface area contributed by atoms with Gasteiger partial charge in [0.05, 0.1) is 12.5 Å². The molecule has 9 heteroatoms. The Morgan fingerprint density at radius 3 is 2.48 bits per heavy atom. The van der Waals surface area contributed by atoms with Crippen molar-refractivity contribution >= 4 is 23.7 Å². The number of nitrogens with one attached hydrogen (secondary N) is 1. The van der Waals surface area contributed by atoms with Crippen LogP contribution in [0.25, 0.3) is 0 Å². The van der Waals surface area contributed by atoms with Gasteiger partial charge in [-0.25, -0.2) is 4.79 Å². The maximum Gasteiger partial charge on any atom is 0.326 e. The lowest BCUT2D eigenvalue weighted by Gasteiger charge is -2.27. The van der Waals surface area contributed by atoms with Gasteiger partial charge in [-0.1, -0.05) is 30.3 Å². The van der Waals surface area contributed by atoms with E-state index in [1.165, 1.54) is 4.90 Å². The molecule has 0 bridgehead atoms. The van der Waals surface area contributed by atoms with Gasteiger partial charge < -0.3 is 26.8 Å².